The number of pyridine rings is 2. The van der Waals surface area contributed by atoms with Crippen molar-refractivity contribution in [2.75, 3.05) is 0 Å². The molecule has 0 spiro atoms. The lowest BCUT2D eigenvalue weighted by molar-refractivity contribution is 0.475. The summed E-state index contributed by atoms with van der Waals surface area (Å²) < 4.78 is 2.22. The van der Waals surface area contributed by atoms with Crippen LogP contribution in [0.4, 0.5) is 0 Å². The molecule has 3 heterocycles. The minimum absolute atomic E-state index is 0.0316. The second-order valence-electron chi connectivity index (χ2n) is 13.2. The predicted octanol–water partition coefficient (Wildman–Crippen LogP) is 10.6. The van der Waals surface area contributed by atoms with Crippen LogP contribution >= 0.6 is 0 Å². The fraction of sp³-hybridized carbons (Fsp3) is 0.0930. The number of aromatic hydroxyl groups is 1. The predicted molar refractivity (Wildman–Crippen MR) is 196 cm³/mol. The maximum Gasteiger partial charge on any atom is 0.145 e. The number of nitrogens with zero attached hydrogens (tertiary/aromatic N) is 4. The highest BCUT2D eigenvalue weighted by Gasteiger charge is 2.21. The lowest BCUT2D eigenvalue weighted by Gasteiger charge is -2.20. The van der Waals surface area contributed by atoms with Gasteiger partial charge in [-0.2, -0.15) is 0 Å². The molecule has 8 rings (SSSR count). The van der Waals surface area contributed by atoms with Crippen LogP contribution < -0.4 is 0 Å². The van der Waals surface area contributed by atoms with Gasteiger partial charge in [-0.1, -0.05) is 99.6 Å². The fourth-order valence-corrected chi connectivity index (χ4v) is 6.53. The Balaban J connectivity index is 1.36. The zero-order chi connectivity index (χ0) is 32.8. The Morgan fingerprint density at radius 1 is 0.583 bits per heavy atom. The Kier molecular flexibility index (Phi) is 7.10. The number of aromatic nitrogens is 4. The maximum atomic E-state index is 10.8. The minimum atomic E-state index is 0.0316. The molecule has 1 N–H and O–H groups in total. The summed E-state index contributed by atoms with van der Waals surface area (Å²) in [6.07, 6.45) is 5.03. The van der Waals surface area contributed by atoms with E-state index in [2.05, 4.69) is 127 Å². The van der Waals surface area contributed by atoms with Gasteiger partial charge in [0.2, 0.25) is 0 Å². The molecular formula is C43H34N4O. The lowest BCUT2D eigenvalue weighted by Crippen LogP contribution is -2.11. The smallest absolute Gasteiger partial charge is 0.145 e. The van der Waals surface area contributed by atoms with Crippen LogP contribution in [0.1, 0.15) is 26.3 Å². The normalized spacial score (nSPS) is 11.7. The number of hydrogen-bond acceptors (Lipinski definition) is 4. The zero-order valence-corrected chi connectivity index (χ0v) is 27.1. The second kappa shape index (κ2) is 11.6. The van der Waals surface area contributed by atoms with E-state index in [1.54, 1.807) is 6.20 Å². The van der Waals surface area contributed by atoms with Crippen LogP contribution in [0.5, 0.6) is 5.75 Å². The van der Waals surface area contributed by atoms with Crippen LogP contribution in [0.3, 0.4) is 0 Å². The van der Waals surface area contributed by atoms with Crippen molar-refractivity contribution >= 4 is 21.9 Å². The van der Waals surface area contributed by atoms with Gasteiger partial charge in [0.25, 0.3) is 0 Å². The molecule has 0 bridgehead atoms. The number of imidazole rings is 1. The van der Waals surface area contributed by atoms with Crippen molar-refractivity contribution < 1.29 is 5.11 Å². The summed E-state index contributed by atoms with van der Waals surface area (Å²) >= 11 is 0. The van der Waals surface area contributed by atoms with Gasteiger partial charge in [-0.15, -0.1) is 0 Å². The molecule has 0 saturated heterocycles. The van der Waals surface area contributed by atoms with Crippen molar-refractivity contribution in [1.82, 2.24) is 19.5 Å². The first-order chi connectivity index (χ1) is 23.3. The van der Waals surface area contributed by atoms with Crippen LogP contribution in [-0.2, 0) is 5.41 Å². The summed E-state index contributed by atoms with van der Waals surface area (Å²) in [7, 11) is 0. The van der Waals surface area contributed by atoms with Gasteiger partial charge in [-0.25, -0.2) is 4.98 Å². The Bertz CT molecular complexity index is 2440. The SMILES string of the molecule is CC(C)(C)c1ccc(-n2c(-c3cccc(-c4cc(-c5ccccc5)cc5cccnc45)c3)nc3c(-c4ccncc4O)cccc32)cc1. The van der Waals surface area contributed by atoms with E-state index in [-0.39, 0.29) is 11.2 Å². The van der Waals surface area contributed by atoms with Crippen molar-refractivity contribution in [1.29, 1.82) is 0 Å². The van der Waals surface area contributed by atoms with Gasteiger partial charge in [-0.3, -0.25) is 14.5 Å². The first-order valence-corrected chi connectivity index (χ1v) is 16.2. The van der Waals surface area contributed by atoms with Gasteiger partial charge in [0, 0.05) is 45.7 Å². The average molecular weight is 623 g/mol. The van der Waals surface area contributed by atoms with Gasteiger partial charge in [0.05, 0.1) is 22.7 Å². The molecular weight excluding hydrogens is 589 g/mol. The molecule has 8 aromatic rings. The van der Waals surface area contributed by atoms with E-state index >= 15 is 0 Å². The van der Waals surface area contributed by atoms with Gasteiger partial charge < -0.3 is 5.11 Å². The summed E-state index contributed by atoms with van der Waals surface area (Å²) in [5.41, 5.74) is 12.0. The first kappa shape index (κ1) is 29.3. The second-order valence-corrected chi connectivity index (χ2v) is 13.2. The molecule has 0 aliphatic carbocycles. The molecule has 0 radical (unpaired) electrons. The van der Waals surface area contributed by atoms with Crippen molar-refractivity contribution in [3.05, 3.63) is 152 Å². The molecule has 5 nitrogen and oxygen atoms in total. The molecule has 0 aliphatic rings. The summed E-state index contributed by atoms with van der Waals surface area (Å²) in [4.78, 5) is 14.3. The average Bonchev–Trinajstić information content (AvgIpc) is 3.52. The molecule has 5 heteroatoms. The molecule has 3 aromatic heterocycles. The van der Waals surface area contributed by atoms with Crippen molar-refractivity contribution in [3.8, 4) is 56.2 Å². The van der Waals surface area contributed by atoms with Crippen molar-refractivity contribution in [3.63, 3.8) is 0 Å². The Labute approximate surface area is 279 Å². The van der Waals surface area contributed by atoms with Crippen LogP contribution in [0.2, 0.25) is 0 Å². The van der Waals surface area contributed by atoms with Gasteiger partial charge in [-0.05, 0) is 76.2 Å². The maximum absolute atomic E-state index is 10.8. The fourth-order valence-electron chi connectivity index (χ4n) is 6.53. The van der Waals surface area contributed by atoms with E-state index in [9.17, 15) is 5.11 Å². The van der Waals surface area contributed by atoms with Gasteiger partial charge in [0.1, 0.15) is 11.6 Å². The molecule has 0 saturated carbocycles. The van der Waals surface area contributed by atoms with Crippen LogP contribution in [0, 0.1) is 0 Å². The number of hydrogen-bond donors (Lipinski definition) is 1. The highest BCUT2D eigenvalue weighted by Crippen LogP contribution is 2.39. The highest BCUT2D eigenvalue weighted by atomic mass is 16.3. The van der Waals surface area contributed by atoms with Crippen LogP contribution in [-0.4, -0.2) is 24.6 Å². The third-order valence-electron chi connectivity index (χ3n) is 9.01. The van der Waals surface area contributed by atoms with E-state index in [1.807, 2.05) is 36.5 Å². The standard InChI is InChI=1S/C43H34N4O/c1-43(2,3)33-17-19-34(20-18-33)47-38-16-8-15-36(35-21-23-44-27-39(35)48)41(38)46-42(47)31-13-7-12-29(24-31)37-26-32(28-10-5-4-6-11-28)25-30-14-9-22-45-40(30)37/h4-27,48H,1-3H3. The summed E-state index contributed by atoms with van der Waals surface area (Å²) in [5.74, 6) is 0.933. The molecule has 0 unspecified atom stereocenters. The topological polar surface area (TPSA) is 63.8 Å². The lowest BCUT2D eigenvalue weighted by atomic mass is 9.87. The molecule has 48 heavy (non-hydrogen) atoms. The Morgan fingerprint density at radius 2 is 1.35 bits per heavy atom. The number of rotatable bonds is 5. The first-order valence-electron chi connectivity index (χ1n) is 16.2. The quantitative estimate of drug-likeness (QED) is 0.207. The van der Waals surface area contributed by atoms with Crippen LogP contribution in [0.25, 0.3) is 72.4 Å². The monoisotopic (exact) mass is 622 g/mol. The molecule has 0 amide bonds. The van der Waals surface area contributed by atoms with Gasteiger partial charge in [0.15, 0.2) is 0 Å². The van der Waals surface area contributed by atoms with E-state index in [0.29, 0.717) is 5.56 Å². The molecule has 232 valence electrons. The Morgan fingerprint density at radius 3 is 2.15 bits per heavy atom. The van der Waals surface area contributed by atoms with Crippen LogP contribution in [0.15, 0.2) is 146 Å². The van der Waals surface area contributed by atoms with E-state index in [4.69, 9.17) is 9.97 Å². The van der Waals surface area contributed by atoms with E-state index in [0.717, 1.165) is 66.8 Å². The van der Waals surface area contributed by atoms with Gasteiger partial charge >= 0.3 is 0 Å². The highest BCUT2D eigenvalue weighted by molar-refractivity contribution is 5.99. The van der Waals surface area contributed by atoms with Crippen molar-refractivity contribution in [2.24, 2.45) is 0 Å². The van der Waals surface area contributed by atoms with Crippen molar-refractivity contribution in [2.45, 2.75) is 26.2 Å². The van der Waals surface area contributed by atoms with E-state index < -0.39 is 0 Å². The third kappa shape index (κ3) is 5.19. The van der Waals surface area contributed by atoms with E-state index in [1.165, 1.54) is 11.8 Å². The summed E-state index contributed by atoms with van der Waals surface area (Å²) in [6, 6.07) is 44.3. The number of fused-ring (bicyclic) bond motifs is 2. The third-order valence-corrected chi connectivity index (χ3v) is 9.01. The molecule has 0 aliphatic heterocycles. The molecule has 0 atom stereocenters. The zero-order valence-electron chi connectivity index (χ0n) is 27.1. The summed E-state index contributed by atoms with van der Waals surface area (Å²) in [6.45, 7) is 6.68. The summed E-state index contributed by atoms with van der Waals surface area (Å²) in [5, 5.41) is 11.9. The number of benzene rings is 5. The Hall–Kier alpha value is -6.07. The molecule has 0 fully saturated rings. The minimum Gasteiger partial charge on any atom is -0.506 e. The largest absolute Gasteiger partial charge is 0.506 e. The number of para-hydroxylation sites is 1. The molecule has 5 aromatic carbocycles.